The SMILES string of the molecule is Nc1ncc(-c2cc(N3CCOCC3)nc(Nc3ccnc4c(C(F)(F)F)cccc34)n2)cn1. The molecule has 1 fully saturated rings. The Bertz CT molecular complexity index is 1320. The van der Waals surface area contributed by atoms with Crippen molar-refractivity contribution in [2.24, 2.45) is 0 Å². The molecule has 3 N–H and O–H groups in total. The molecule has 0 atom stereocenters. The molecule has 1 aliphatic rings. The smallest absolute Gasteiger partial charge is 0.378 e. The second-order valence-electron chi connectivity index (χ2n) is 7.55. The number of hydrogen-bond donors (Lipinski definition) is 2. The van der Waals surface area contributed by atoms with E-state index in [2.05, 4.69) is 30.2 Å². The summed E-state index contributed by atoms with van der Waals surface area (Å²) in [7, 11) is 0. The van der Waals surface area contributed by atoms with Crippen LogP contribution in [0.4, 0.5) is 36.6 Å². The van der Waals surface area contributed by atoms with Crippen LogP contribution in [0, 0.1) is 0 Å². The lowest BCUT2D eigenvalue weighted by Gasteiger charge is -2.28. The molecule has 0 bridgehead atoms. The number of alkyl halides is 3. The second-order valence-corrected chi connectivity index (χ2v) is 7.55. The van der Waals surface area contributed by atoms with Crippen molar-refractivity contribution in [2.45, 2.75) is 6.18 Å². The van der Waals surface area contributed by atoms with Gasteiger partial charge in [0.05, 0.1) is 35.7 Å². The van der Waals surface area contributed by atoms with Gasteiger partial charge in [-0.1, -0.05) is 12.1 Å². The third-order valence-corrected chi connectivity index (χ3v) is 5.34. The van der Waals surface area contributed by atoms with Crippen molar-refractivity contribution in [1.82, 2.24) is 24.9 Å². The fourth-order valence-electron chi connectivity index (χ4n) is 3.70. The van der Waals surface area contributed by atoms with E-state index >= 15 is 0 Å². The van der Waals surface area contributed by atoms with Crippen molar-refractivity contribution >= 4 is 34.3 Å². The van der Waals surface area contributed by atoms with Gasteiger partial charge in [-0.05, 0) is 12.1 Å². The Morgan fingerprint density at radius 1 is 1.00 bits per heavy atom. The minimum atomic E-state index is -4.53. The second kappa shape index (κ2) is 8.71. The highest BCUT2D eigenvalue weighted by Gasteiger charge is 2.33. The molecule has 0 saturated carbocycles. The van der Waals surface area contributed by atoms with Crippen molar-refractivity contribution in [3.8, 4) is 11.3 Å². The van der Waals surface area contributed by atoms with Crippen LogP contribution in [-0.2, 0) is 10.9 Å². The van der Waals surface area contributed by atoms with Crippen LogP contribution in [0.5, 0.6) is 0 Å². The molecule has 3 aromatic heterocycles. The van der Waals surface area contributed by atoms with E-state index in [-0.39, 0.29) is 17.4 Å². The zero-order chi connectivity index (χ0) is 23.7. The Morgan fingerprint density at radius 3 is 2.50 bits per heavy atom. The molecule has 0 aliphatic carbocycles. The summed E-state index contributed by atoms with van der Waals surface area (Å²) in [5.74, 6) is 0.982. The Hall–Kier alpha value is -4.06. The number of pyridine rings is 1. The molecular formula is C22H19F3N8O. The van der Waals surface area contributed by atoms with E-state index < -0.39 is 11.7 Å². The van der Waals surface area contributed by atoms with Crippen molar-refractivity contribution in [2.75, 3.05) is 42.3 Å². The van der Waals surface area contributed by atoms with Gasteiger partial charge in [0.2, 0.25) is 11.9 Å². The van der Waals surface area contributed by atoms with Crippen LogP contribution in [0.1, 0.15) is 5.56 Å². The van der Waals surface area contributed by atoms with Gasteiger partial charge in [0, 0.05) is 48.7 Å². The number of halogens is 3. The zero-order valence-corrected chi connectivity index (χ0v) is 17.8. The summed E-state index contributed by atoms with van der Waals surface area (Å²) in [6.07, 6.45) is -0.107. The van der Waals surface area contributed by atoms with Gasteiger partial charge in [-0.25, -0.2) is 15.0 Å². The summed E-state index contributed by atoms with van der Waals surface area (Å²) >= 11 is 0. The maximum absolute atomic E-state index is 13.5. The number of benzene rings is 1. The molecule has 5 rings (SSSR count). The monoisotopic (exact) mass is 468 g/mol. The molecule has 9 nitrogen and oxygen atoms in total. The standard InChI is InChI=1S/C22H19F3N8O/c23-22(24,25)15-3-1-2-14-16(4-5-27-19(14)15)30-21-31-17(13-11-28-20(26)29-12-13)10-18(32-21)33-6-8-34-9-7-33/h1-5,10-12H,6-9H2,(H2,26,28,29)(H,27,30,31,32). The number of anilines is 4. The average Bonchev–Trinajstić information content (AvgIpc) is 2.84. The van der Waals surface area contributed by atoms with E-state index in [0.29, 0.717) is 54.5 Å². The first kappa shape index (κ1) is 21.8. The first-order valence-corrected chi connectivity index (χ1v) is 10.4. The molecule has 1 aliphatic heterocycles. The minimum Gasteiger partial charge on any atom is -0.378 e. The van der Waals surface area contributed by atoms with Crippen LogP contribution in [0.25, 0.3) is 22.2 Å². The van der Waals surface area contributed by atoms with Crippen molar-refractivity contribution in [1.29, 1.82) is 0 Å². The van der Waals surface area contributed by atoms with Crippen molar-refractivity contribution in [3.05, 3.63) is 54.5 Å². The summed E-state index contributed by atoms with van der Waals surface area (Å²) < 4.78 is 45.9. The number of hydrogen-bond acceptors (Lipinski definition) is 9. The summed E-state index contributed by atoms with van der Waals surface area (Å²) in [6.45, 7) is 2.40. The number of morpholine rings is 1. The van der Waals surface area contributed by atoms with Gasteiger partial charge in [0.15, 0.2) is 0 Å². The average molecular weight is 468 g/mol. The quantitative estimate of drug-likeness (QED) is 0.463. The highest BCUT2D eigenvalue weighted by atomic mass is 19.4. The third-order valence-electron chi connectivity index (χ3n) is 5.34. The molecule has 0 amide bonds. The number of rotatable bonds is 4. The number of nitrogens with one attached hydrogen (secondary N) is 1. The Morgan fingerprint density at radius 2 is 1.76 bits per heavy atom. The van der Waals surface area contributed by atoms with Crippen molar-refractivity contribution < 1.29 is 17.9 Å². The molecule has 0 spiro atoms. The first-order chi connectivity index (χ1) is 16.4. The molecule has 12 heteroatoms. The molecule has 34 heavy (non-hydrogen) atoms. The van der Waals surface area contributed by atoms with Gasteiger partial charge < -0.3 is 20.7 Å². The van der Waals surface area contributed by atoms with Crippen LogP contribution < -0.4 is 16.0 Å². The summed E-state index contributed by atoms with van der Waals surface area (Å²) in [6, 6.07) is 7.31. The third kappa shape index (κ3) is 4.39. The fraction of sp³-hybridized carbons (Fsp3) is 0.227. The Balaban J connectivity index is 1.59. The molecule has 174 valence electrons. The number of nitrogen functional groups attached to an aromatic ring is 1. The highest BCUT2D eigenvalue weighted by Crippen LogP contribution is 2.36. The highest BCUT2D eigenvalue weighted by molar-refractivity contribution is 5.94. The van der Waals surface area contributed by atoms with Gasteiger partial charge >= 0.3 is 6.18 Å². The summed E-state index contributed by atoms with van der Waals surface area (Å²) in [5.41, 5.74) is 6.19. The van der Waals surface area contributed by atoms with Gasteiger partial charge in [-0.2, -0.15) is 18.2 Å². The lowest BCUT2D eigenvalue weighted by atomic mass is 10.1. The number of para-hydroxylation sites is 1. The molecule has 0 radical (unpaired) electrons. The number of fused-ring (bicyclic) bond motifs is 1. The molecule has 1 aromatic carbocycles. The number of aromatic nitrogens is 5. The van der Waals surface area contributed by atoms with Gasteiger partial charge in [-0.3, -0.25) is 4.98 Å². The minimum absolute atomic E-state index is 0.133. The first-order valence-electron chi connectivity index (χ1n) is 10.4. The number of nitrogens with zero attached hydrogens (tertiary/aromatic N) is 6. The topological polar surface area (TPSA) is 115 Å². The Labute approximate surface area is 191 Å². The molecule has 0 unspecified atom stereocenters. The summed E-state index contributed by atoms with van der Waals surface area (Å²) in [5, 5.41) is 3.37. The van der Waals surface area contributed by atoms with Gasteiger partial charge in [0.25, 0.3) is 0 Å². The van der Waals surface area contributed by atoms with Crippen LogP contribution in [0.3, 0.4) is 0 Å². The van der Waals surface area contributed by atoms with E-state index in [1.807, 2.05) is 4.90 Å². The van der Waals surface area contributed by atoms with Crippen LogP contribution in [0.2, 0.25) is 0 Å². The fourth-order valence-corrected chi connectivity index (χ4v) is 3.70. The van der Waals surface area contributed by atoms with Crippen LogP contribution in [0.15, 0.2) is 48.9 Å². The van der Waals surface area contributed by atoms with E-state index in [1.54, 1.807) is 30.6 Å². The van der Waals surface area contributed by atoms with Crippen molar-refractivity contribution in [3.63, 3.8) is 0 Å². The number of ether oxygens (including phenoxy) is 1. The number of nitrogens with two attached hydrogens (primary N) is 1. The van der Waals surface area contributed by atoms with E-state index in [1.165, 1.54) is 12.3 Å². The van der Waals surface area contributed by atoms with E-state index in [0.717, 1.165) is 6.07 Å². The normalized spacial score (nSPS) is 14.4. The van der Waals surface area contributed by atoms with Gasteiger partial charge in [0.1, 0.15) is 5.82 Å². The Kier molecular flexibility index (Phi) is 5.57. The lowest BCUT2D eigenvalue weighted by molar-refractivity contribution is -0.136. The van der Waals surface area contributed by atoms with Crippen LogP contribution >= 0.6 is 0 Å². The zero-order valence-electron chi connectivity index (χ0n) is 17.8. The molecule has 4 aromatic rings. The van der Waals surface area contributed by atoms with Crippen LogP contribution in [-0.4, -0.2) is 51.2 Å². The maximum atomic E-state index is 13.5. The predicted molar refractivity (Wildman–Crippen MR) is 121 cm³/mol. The van der Waals surface area contributed by atoms with Gasteiger partial charge in [-0.15, -0.1) is 0 Å². The lowest BCUT2D eigenvalue weighted by Crippen LogP contribution is -2.36. The summed E-state index contributed by atoms with van der Waals surface area (Å²) in [4.78, 5) is 23.2. The molecule has 4 heterocycles. The molecule has 1 saturated heterocycles. The largest absolute Gasteiger partial charge is 0.418 e. The predicted octanol–water partition coefficient (Wildman–Crippen LogP) is 3.66. The van der Waals surface area contributed by atoms with E-state index in [9.17, 15) is 13.2 Å². The van der Waals surface area contributed by atoms with E-state index in [4.69, 9.17) is 10.5 Å². The molecular weight excluding hydrogens is 449 g/mol. The maximum Gasteiger partial charge on any atom is 0.418 e.